The Kier molecular flexibility index (Phi) is 1.89. The molecular weight excluding hydrogens is 200 g/mol. The Morgan fingerprint density at radius 3 is 2.60 bits per heavy atom. The number of hydrogen-bond donors (Lipinski definition) is 2. The Balaban J connectivity index is 2.88. The molecule has 0 bridgehead atoms. The quantitative estimate of drug-likeness (QED) is 0.545. The molecule has 2 rings (SSSR count). The second-order valence-corrected chi connectivity index (χ2v) is 2.93. The van der Waals surface area contributed by atoms with Crippen LogP contribution in [0.15, 0.2) is 24.3 Å². The number of non-ortho nitro benzene ring substituents is 1. The van der Waals surface area contributed by atoms with Gasteiger partial charge in [-0.05, 0) is 12.1 Å². The molecule has 6 nitrogen and oxygen atoms in total. The SMILES string of the molecule is O=[N+]([O-])c1ccc(O)c2nc(O)ccc12. The van der Waals surface area contributed by atoms with Crippen LogP contribution in [0.3, 0.4) is 0 Å². The van der Waals surface area contributed by atoms with Crippen LogP contribution in [0.25, 0.3) is 10.9 Å². The van der Waals surface area contributed by atoms with Crippen molar-refractivity contribution in [2.24, 2.45) is 0 Å². The largest absolute Gasteiger partial charge is 0.506 e. The van der Waals surface area contributed by atoms with Crippen LogP contribution in [-0.4, -0.2) is 20.1 Å². The predicted molar refractivity (Wildman–Crippen MR) is 51.7 cm³/mol. The zero-order valence-corrected chi connectivity index (χ0v) is 7.41. The average molecular weight is 206 g/mol. The minimum atomic E-state index is -0.569. The molecule has 0 saturated heterocycles. The summed E-state index contributed by atoms with van der Waals surface area (Å²) in [5, 5.41) is 29.3. The summed E-state index contributed by atoms with van der Waals surface area (Å²) >= 11 is 0. The first kappa shape index (κ1) is 9.20. The molecule has 0 fully saturated rings. The molecule has 0 unspecified atom stereocenters. The van der Waals surface area contributed by atoms with Gasteiger partial charge >= 0.3 is 0 Å². The van der Waals surface area contributed by atoms with E-state index in [4.69, 9.17) is 5.11 Å². The van der Waals surface area contributed by atoms with Gasteiger partial charge in [0.05, 0.1) is 10.3 Å². The van der Waals surface area contributed by atoms with E-state index < -0.39 is 4.92 Å². The monoisotopic (exact) mass is 206 g/mol. The summed E-state index contributed by atoms with van der Waals surface area (Å²) in [7, 11) is 0. The van der Waals surface area contributed by atoms with Crippen molar-refractivity contribution in [3.05, 3.63) is 34.4 Å². The normalized spacial score (nSPS) is 10.4. The predicted octanol–water partition coefficient (Wildman–Crippen LogP) is 1.55. The molecule has 0 aliphatic heterocycles. The van der Waals surface area contributed by atoms with E-state index in [1.54, 1.807) is 0 Å². The van der Waals surface area contributed by atoms with Crippen LogP contribution in [-0.2, 0) is 0 Å². The van der Waals surface area contributed by atoms with E-state index in [1.165, 1.54) is 24.3 Å². The zero-order chi connectivity index (χ0) is 11.0. The van der Waals surface area contributed by atoms with E-state index in [2.05, 4.69) is 4.98 Å². The fourth-order valence-corrected chi connectivity index (χ4v) is 1.34. The average Bonchev–Trinajstić information content (AvgIpc) is 2.19. The van der Waals surface area contributed by atoms with E-state index in [0.29, 0.717) is 0 Å². The molecule has 0 amide bonds. The Morgan fingerprint density at radius 2 is 1.93 bits per heavy atom. The number of aromatic nitrogens is 1. The lowest BCUT2D eigenvalue weighted by Crippen LogP contribution is -1.90. The molecule has 1 aromatic carbocycles. The number of benzene rings is 1. The van der Waals surface area contributed by atoms with Crippen molar-refractivity contribution in [3.63, 3.8) is 0 Å². The summed E-state index contributed by atoms with van der Waals surface area (Å²) in [6, 6.07) is 4.94. The molecule has 0 aliphatic carbocycles. The third-order valence-electron chi connectivity index (χ3n) is 1.99. The highest BCUT2D eigenvalue weighted by molar-refractivity contribution is 5.92. The first-order valence-electron chi connectivity index (χ1n) is 4.05. The zero-order valence-electron chi connectivity index (χ0n) is 7.41. The van der Waals surface area contributed by atoms with Crippen LogP contribution >= 0.6 is 0 Å². The molecule has 1 aromatic heterocycles. The Labute approximate surface area is 83.6 Å². The molecule has 15 heavy (non-hydrogen) atoms. The number of aromatic hydroxyl groups is 2. The van der Waals surface area contributed by atoms with Gasteiger partial charge in [0.15, 0.2) is 0 Å². The Hall–Kier alpha value is -2.37. The molecule has 76 valence electrons. The number of fused-ring (bicyclic) bond motifs is 1. The smallest absolute Gasteiger partial charge is 0.279 e. The van der Waals surface area contributed by atoms with Crippen LogP contribution < -0.4 is 0 Å². The Morgan fingerprint density at radius 1 is 1.20 bits per heavy atom. The van der Waals surface area contributed by atoms with Crippen LogP contribution in [0, 0.1) is 10.1 Å². The molecule has 0 atom stereocenters. The number of nitro groups is 1. The van der Waals surface area contributed by atoms with E-state index in [1.807, 2.05) is 0 Å². The molecular formula is C9H6N2O4. The summed E-state index contributed by atoms with van der Waals surface area (Å²) in [6.07, 6.45) is 0. The maximum Gasteiger partial charge on any atom is 0.279 e. The maximum atomic E-state index is 10.6. The number of phenols is 1. The van der Waals surface area contributed by atoms with Crippen molar-refractivity contribution in [2.45, 2.75) is 0 Å². The van der Waals surface area contributed by atoms with Gasteiger partial charge in [-0.15, -0.1) is 0 Å². The highest BCUT2D eigenvalue weighted by Gasteiger charge is 2.15. The highest BCUT2D eigenvalue weighted by atomic mass is 16.6. The summed E-state index contributed by atoms with van der Waals surface area (Å²) in [4.78, 5) is 13.7. The van der Waals surface area contributed by atoms with Gasteiger partial charge in [0.1, 0.15) is 11.3 Å². The molecule has 1 heterocycles. The summed E-state index contributed by atoms with van der Waals surface area (Å²) < 4.78 is 0. The standard InChI is InChI=1S/C9H6N2O4/c12-7-3-2-6(11(14)15)5-1-4-8(13)10-9(5)7/h1-4,12H,(H,10,13). The number of phenolic OH excluding ortho intramolecular Hbond substituents is 1. The number of nitro benzene ring substituents is 1. The van der Waals surface area contributed by atoms with Crippen molar-refractivity contribution in [2.75, 3.05) is 0 Å². The van der Waals surface area contributed by atoms with Gasteiger partial charge < -0.3 is 10.2 Å². The minimum Gasteiger partial charge on any atom is -0.506 e. The minimum absolute atomic E-state index is 0.0178. The van der Waals surface area contributed by atoms with Crippen molar-refractivity contribution in [1.29, 1.82) is 0 Å². The molecule has 6 heteroatoms. The molecule has 0 radical (unpaired) electrons. The molecule has 0 aliphatic rings. The second kappa shape index (κ2) is 3.09. The molecule has 2 N–H and O–H groups in total. The molecule has 2 aromatic rings. The number of rotatable bonds is 1. The van der Waals surface area contributed by atoms with Gasteiger partial charge in [0.2, 0.25) is 5.88 Å². The summed E-state index contributed by atoms with van der Waals surface area (Å²) in [6.45, 7) is 0. The molecule has 0 spiro atoms. The van der Waals surface area contributed by atoms with Gasteiger partial charge in [0, 0.05) is 12.1 Å². The van der Waals surface area contributed by atoms with Crippen molar-refractivity contribution in [3.8, 4) is 11.6 Å². The van der Waals surface area contributed by atoms with E-state index >= 15 is 0 Å². The van der Waals surface area contributed by atoms with Crippen LogP contribution in [0.4, 0.5) is 5.69 Å². The summed E-state index contributed by atoms with van der Waals surface area (Å²) in [5.41, 5.74) is -0.139. The topological polar surface area (TPSA) is 96.5 Å². The van der Waals surface area contributed by atoms with E-state index in [9.17, 15) is 15.2 Å². The van der Waals surface area contributed by atoms with E-state index in [0.717, 1.165) is 0 Å². The van der Waals surface area contributed by atoms with Gasteiger partial charge in [-0.25, -0.2) is 4.98 Å². The van der Waals surface area contributed by atoms with Crippen LogP contribution in [0.5, 0.6) is 11.6 Å². The van der Waals surface area contributed by atoms with Gasteiger partial charge in [-0.2, -0.15) is 0 Å². The Bertz CT molecular complexity index is 553. The summed E-state index contributed by atoms with van der Waals surface area (Å²) in [5.74, 6) is -0.496. The fraction of sp³-hybridized carbons (Fsp3) is 0. The highest BCUT2D eigenvalue weighted by Crippen LogP contribution is 2.31. The molecule has 0 saturated carbocycles. The van der Waals surface area contributed by atoms with E-state index in [-0.39, 0.29) is 28.2 Å². The lowest BCUT2D eigenvalue weighted by Gasteiger charge is -2.01. The first-order valence-corrected chi connectivity index (χ1v) is 4.05. The number of hydrogen-bond acceptors (Lipinski definition) is 5. The van der Waals surface area contributed by atoms with Crippen LogP contribution in [0.1, 0.15) is 0 Å². The number of nitrogens with zero attached hydrogens (tertiary/aromatic N) is 2. The van der Waals surface area contributed by atoms with Crippen molar-refractivity contribution >= 4 is 16.6 Å². The maximum absolute atomic E-state index is 10.6. The van der Waals surface area contributed by atoms with Crippen molar-refractivity contribution in [1.82, 2.24) is 4.98 Å². The van der Waals surface area contributed by atoms with Crippen LogP contribution in [0.2, 0.25) is 0 Å². The van der Waals surface area contributed by atoms with Gasteiger partial charge in [0.25, 0.3) is 5.69 Å². The lowest BCUT2D eigenvalue weighted by molar-refractivity contribution is -0.383. The first-order chi connectivity index (χ1) is 7.09. The van der Waals surface area contributed by atoms with Gasteiger partial charge in [-0.1, -0.05) is 0 Å². The van der Waals surface area contributed by atoms with Crippen molar-refractivity contribution < 1.29 is 15.1 Å². The fourth-order valence-electron chi connectivity index (χ4n) is 1.34. The second-order valence-electron chi connectivity index (χ2n) is 2.93. The lowest BCUT2D eigenvalue weighted by atomic mass is 10.1. The third-order valence-corrected chi connectivity index (χ3v) is 1.99. The number of pyridine rings is 1. The van der Waals surface area contributed by atoms with Gasteiger partial charge in [-0.3, -0.25) is 10.1 Å². The third kappa shape index (κ3) is 1.41.